The first kappa shape index (κ1) is 26.5. The van der Waals surface area contributed by atoms with E-state index in [1.165, 1.54) is 0 Å². The number of carbonyl (C=O) groups is 2. The Labute approximate surface area is 237 Å². The van der Waals surface area contributed by atoms with E-state index >= 15 is 0 Å². The first-order chi connectivity index (χ1) is 20.1. The number of furan rings is 1. The molecule has 208 valence electrons. The van der Waals surface area contributed by atoms with E-state index in [1.807, 2.05) is 42.5 Å². The van der Waals surface area contributed by atoms with E-state index in [1.54, 1.807) is 23.2 Å². The fourth-order valence-electron chi connectivity index (χ4n) is 5.29. The highest BCUT2D eigenvalue weighted by molar-refractivity contribution is 5.97. The van der Waals surface area contributed by atoms with Crippen molar-refractivity contribution in [3.8, 4) is 34.3 Å². The molecular weight excluding hydrogens is 520 g/mol. The molecule has 2 amide bonds. The van der Waals surface area contributed by atoms with Crippen LogP contribution in [0.1, 0.15) is 41.6 Å². The molecule has 41 heavy (non-hydrogen) atoms. The van der Waals surface area contributed by atoms with Gasteiger partial charge in [0.1, 0.15) is 29.2 Å². The Hall–Kier alpha value is -4.68. The van der Waals surface area contributed by atoms with Gasteiger partial charge < -0.3 is 24.1 Å². The summed E-state index contributed by atoms with van der Waals surface area (Å²) in [7, 11) is 0. The minimum Gasteiger partial charge on any atom is -0.489 e. The smallest absolute Gasteiger partial charge is 0.317 e. The SMILES string of the molecule is N#Cc1cc(-c2ccnc3cc(-c4ccc(C(=O)CCCN5CCNC5=O)cc4)oc23)ccc1OC1CCOCC1. The van der Waals surface area contributed by atoms with Gasteiger partial charge in [-0.2, -0.15) is 5.26 Å². The van der Waals surface area contributed by atoms with Crippen molar-refractivity contribution in [2.75, 3.05) is 32.8 Å². The second-order valence-electron chi connectivity index (χ2n) is 10.3. The van der Waals surface area contributed by atoms with Crippen LogP contribution in [0.4, 0.5) is 4.79 Å². The number of carbonyl (C=O) groups excluding carboxylic acids is 2. The summed E-state index contributed by atoms with van der Waals surface area (Å²) < 4.78 is 17.8. The molecule has 0 saturated carbocycles. The Morgan fingerprint density at radius 3 is 2.66 bits per heavy atom. The average Bonchev–Trinajstić information content (AvgIpc) is 3.64. The number of amides is 2. The van der Waals surface area contributed by atoms with E-state index in [0.29, 0.717) is 79.4 Å². The number of urea groups is 1. The first-order valence-corrected chi connectivity index (χ1v) is 13.9. The summed E-state index contributed by atoms with van der Waals surface area (Å²) in [4.78, 5) is 30.6. The standard InChI is InChI=1S/C32H30N4O5/c33-20-24-18-23(7-8-29(24)40-25-10-16-39-17-11-25)26-9-12-34-27-19-30(41-31(26)27)22-5-3-21(4-6-22)28(37)2-1-14-36-15-13-35-32(36)38/h3-9,12,18-19,25H,1-2,10-11,13-17H2,(H,35,38). The van der Waals surface area contributed by atoms with Crippen LogP contribution in [0.15, 0.2) is 65.2 Å². The highest BCUT2D eigenvalue weighted by Gasteiger charge is 2.20. The van der Waals surface area contributed by atoms with Crippen molar-refractivity contribution in [1.29, 1.82) is 5.26 Å². The summed E-state index contributed by atoms with van der Waals surface area (Å²) in [6.07, 6.45) is 4.39. The molecule has 4 heterocycles. The summed E-state index contributed by atoms with van der Waals surface area (Å²) in [5.74, 6) is 1.26. The summed E-state index contributed by atoms with van der Waals surface area (Å²) in [5, 5.41) is 12.6. The maximum absolute atomic E-state index is 12.7. The predicted octanol–water partition coefficient (Wildman–Crippen LogP) is 5.58. The van der Waals surface area contributed by atoms with E-state index in [4.69, 9.17) is 13.9 Å². The average molecular weight is 551 g/mol. The van der Waals surface area contributed by atoms with E-state index in [2.05, 4.69) is 16.4 Å². The third kappa shape index (κ3) is 5.79. The van der Waals surface area contributed by atoms with Crippen LogP contribution >= 0.6 is 0 Å². The van der Waals surface area contributed by atoms with Gasteiger partial charge in [0.2, 0.25) is 0 Å². The molecule has 4 aromatic rings. The number of ketones is 1. The molecule has 0 unspecified atom stereocenters. The van der Waals surface area contributed by atoms with Crippen LogP contribution in [-0.4, -0.2) is 60.7 Å². The molecule has 2 aromatic heterocycles. The molecule has 2 fully saturated rings. The fourth-order valence-corrected chi connectivity index (χ4v) is 5.29. The number of nitrogens with zero attached hydrogens (tertiary/aromatic N) is 3. The Morgan fingerprint density at radius 1 is 1.10 bits per heavy atom. The van der Waals surface area contributed by atoms with Gasteiger partial charge in [0.15, 0.2) is 11.4 Å². The maximum Gasteiger partial charge on any atom is 0.317 e. The molecule has 9 heteroatoms. The third-order valence-corrected chi connectivity index (χ3v) is 7.55. The molecule has 0 aliphatic carbocycles. The Kier molecular flexibility index (Phi) is 7.65. The van der Waals surface area contributed by atoms with E-state index in [9.17, 15) is 14.9 Å². The minimum absolute atomic E-state index is 0.0433. The molecule has 1 N–H and O–H groups in total. The predicted molar refractivity (Wildman–Crippen MR) is 153 cm³/mol. The molecule has 2 aliphatic heterocycles. The van der Waals surface area contributed by atoms with Crippen molar-refractivity contribution in [2.45, 2.75) is 31.8 Å². The van der Waals surface area contributed by atoms with Crippen molar-refractivity contribution in [2.24, 2.45) is 0 Å². The molecule has 0 radical (unpaired) electrons. The van der Waals surface area contributed by atoms with Crippen LogP contribution in [0.3, 0.4) is 0 Å². The number of hydrogen-bond acceptors (Lipinski definition) is 7. The van der Waals surface area contributed by atoms with Crippen molar-refractivity contribution in [1.82, 2.24) is 15.2 Å². The van der Waals surface area contributed by atoms with Crippen molar-refractivity contribution >= 4 is 22.9 Å². The van der Waals surface area contributed by atoms with Crippen molar-refractivity contribution < 1.29 is 23.5 Å². The third-order valence-electron chi connectivity index (χ3n) is 7.55. The maximum atomic E-state index is 12.7. The van der Waals surface area contributed by atoms with Crippen LogP contribution in [-0.2, 0) is 4.74 Å². The van der Waals surface area contributed by atoms with Gasteiger partial charge in [-0.25, -0.2) is 4.79 Å². The summed E-state index contributed by atoms with van der Waals surface area (Å²) in [6, 6.07) is 18.9. The molecule has 9 nitrogen and oxygen atoms in total. The molecule has 0 spiro atoms. The molecule has 6 rings (SSSR count). The number of rotatable bonds is 9. The van der Waals surface area contributed by atoms with Crippen LogP contribution in [0.25, 0.3) is 33.6 Å². The molecule has 0 atom stereocenters. The molecule has 2 aromatic carbocycles. The number of hydrogen-bond donors (Lipinski definition) is 1. The topological polar surface area (TPSA) is 118 Å². The Bertz CT molecular complexity index is 1620. The lowest BCUT2D eigenvalue weighted by atomic mass is 10.0. The van der Waals surface area contributed by atoms with Crippen molar-refractivity contribution in [3.05, 3.63) is 71.9 Å². The Morgan fingerprint density at radius 2 is 1.90 bits per heavy atom. The van der Waals surface area contributed by atoms with Gasteiger partial charge in [-0.1, -0.05) is 30.3 Å². The monoisotopic (exact) mass is 550 g/mol. The second-order valence-corrected chi connectivity index (χ2v) is 10.3. The lowest BCUT2D eigenvalue weighted by molar-refractivity contribution is 0.0254. The molecule has 2 saturated heterocycles. The highest BCUT2D eigenvalue weighted by Crippen LogP contribution is 2.35. The number of fused-ring (bicyclic) bond motifs is 1. The number of ether oxygens (including phenoxy) is 2. The van der Waals surface area contributed by atoms with Crippen molar-refractivity contribution in [3.63, 3.8) is 0 Å². The molecular formula is C32H30N4O5. The number of aromatic nitrogens is 1. The van der Waals surface area contributed by atoms with E-state index < -0.39 is 0 Å². The van der Waals surface area contributed by atoms with Gasteiger partial charge in [0.25, 0.3) is 0 Å². The number of benzene rings is 2. The number of nitriles is 1. The number of pyridine rings is 1. The highest BCUT2D eigenvalue weighted by atomic mass is 16.5. The van der Waals surface area contributed by atoms with E-state index in [-0.39, 0.29) is 17.9 Å². The molecule has 0 bridgehead atoms. The minimum atomic E-state index is -0.0626. The summed E-state index contributed by atoms with van der Waals surface area (Å²) in [5.41, 5.74) is 4.91. The summed E-state index contributed by atoms with van der Waals surface area (Å²) in [6.45, 7) is 3.25. The Balaban J connectivity index is 1.18. The first-order valence-electron chi connectivity index (χ1n) is 13.9. The van der Waals surface area contributed by atoms with Crippen LogP contribution in [0.5, 0.6) is 5.75 Å². The zero-order valence-electron chi connectivity index (χ0n) is 22.6. The second kappa shape index (κ2) is 11.8. The fraction of sp³-hybridized carbons (Fsp3) is 0.312. The van der Waals surface area contributed by atoms with Gasteiger partial charge in [0, 0.05) is 67.9 Å². The van der Waals surface area contributed by atoms with Gasteiger partial charge >= 0.3 is 6.03 Å². The number of nitrogens with one attached hydrogen (secondary N) is 1. The quantitative estimate of drug-likeness (QED) is 0.270. The van der Waals surface area contributed by atoms with Crippen LogP contribution < -0.4 is 10.1 Å². The lowest BCUT2D eigenvalue weighted by Gasteiger charge is -2.23. The largest absolute Gasteiger partial charge is 0.489 e. The van der Waals surface area contributed by atoms with Gasteiger partial charge in [-0.15, -0.1) is 0 Å². The van der Waals surface area contributed by atoms with Gasteiger partial charge in [-0.05, 0) is 30.2 Å². The zero-order valence-corrected chi connectivity index (χ0v) is 22.6. The normalized spacial score (nSPS) is 15.6. The van der Waals surface area contributed by atoms with E-state index in [0.717, 1.165) is 29.5 Å². The van der Waals surface area contributed by atoms with Crippen LogP contribution in [0, 0.1) is 11.3 Å². The van der Waals surface area contributed by atoms with Crippen LogP contribution in [0.2, 0.25) is 0 Å². The summed E-state index contributed by atoms with van der Waals surface area (Å²) >= 11 is 0. The zero-order chi connectivity index (χ0) is 28.2. The van der Waals surface area contributed by atoms with Gasteiger partial charge in [0.05, 0.1) is 18.8 Å². The molecule has 2 aliphatic rings. The number of Topliss-reactive ketones (excluding diaryl/α,β-unsaturated/α-hetero) is 1. The lowest BCUT2D eigenvalue weighted by Crippen LogP contribution is -2.29. The van der Waals surface area contributed by atoms with Gasteiger partial charge in [-0.3, -0.25) is 9.78 Å².